The topological polar surface area (TPSA) is 55.6 Å². The molecule has 0 bridgehead atoms. The summed E-state index contributed by atoms with van der Waals surface area (Å²) in [5.41, 5.74) is 7.40. The first-order chi connectivity index (χ1) is 9.63. The number of piperidine rings is 1. The first kappa shape index (κ1) is 13.5. The SMILES string of the molecule is NC1CCN(C(=O)C2=Cc3cc(Cl)ccc3OC2)CC1. The van der Waals surface area contributed by atoms with Crippen LogP contribution in [-0.4, -0.2) is 36.5 Å². The Kier molecular flexibility index (Phi) is 3.68. The average Bonchev–Trinajstić information content (AvgIpc) is 2.46. The van der Waals surface area contributed by atoms with Crippen LogP contribution >= 0.6 is 11.6 Å². The largest absolute Gasteiger partial charge is 0.488 e. The van der Waals surface area contributed by atoms with Crippen LogP contribution in [-0.2, 0) is 4.79 Å². The monoisotopic (exact) mass is 292 g/mol. The van der Waals surface area contributed by atoms with Crippen molar-refractivity contribution in [3.05, 3.63) is 34.4 Å². The van der Waals surface area contributed by atoms with E-state index in [1.54, 1.807) is 6.07 Å². The van der Waals surface area contributed by atoms with Gasteiger partial charge in [0.25, 0.3) is 5.91 Å². The molecule has 106 valence electrons. The number of hydrogen-bond acceptors (Lipinski definition) is 3. The molecule has 1 aromatic rings. The Morgan fingerprint density at radius 1 is 1.35 bits per heavy atom. The van der Waals surface area contributed by atoms with Crippen molar-refractivity contribution < 1.29 is 9.53 Å². The van der Waals surface area contributed by atoms with Gasteiger partial charge in [-0.2, -0.15) is 0 Å². The van der Waals surface area contributed by atoms with Crippen LogP contribution in [0, 0.1) is 0 Å². The van der Waals surface area contributed by atoms with Crippen LogP contribution in [0.1, 0.15) is 18.4 Å². The minimum absolute atomic E-state index is 0.0440. The lowest BCUT2D eigenvalue weighted by molar-refractivity contribution is -0.128. The van der Waals surface area contributed by atoms with Gasteiger partial charge in [0.05, 0.1) is 5.57 Å². The maximum Gasteiger partial charge on any atom is 0.253 e. The fourth-order valence-electron chi connectivity index (χ4n) is 2.58. The molecule has 20 heavy (non-hydrogen) atoms. The third-order valence-corrected chi connectivity index (χ3v) is 4.02. The second-order valence-electron chi connectivity index (χ2n) is 5.27. The van der Waals surface area contributed by atoms with E-state index in [9.17, 15) is 4.79 Å². The van der Waals surface area contributed by atoms with Crippen molar-refractivity contribution in [3.8, 4) is 5.75 Å². The Morgan fingerprint density at radius 2 is 2.10 bits per heavy atom. The van der Waals surface area contributed by atoms with Crippen LogP contribution in [0.5, 0.6) is 5.75 Å². The van der Waals surface area contributed by atoms with Crippen LogP contribution in [0.25, 0.3) is 6.08 Å². The van der Waals surface area contributed by atoms with Crippen molar-refractivity contribution >= 4 is 23.6 Å². The van der Waals surface area contributed by atoms with Crippen LogP contribution in [0.4, 0.5) is 0 Å². The van der Waals surface area contributed by atoms with E-state index in [0.29, 0.717) is 17.2 Å². The molecular weight excluding hydrogens is 276 g/mol. The molecule has 0 aromatic heterocycles. The zero-order chi connectivity index (χ0) is 14.1. The van der Waals surface area contributed by atoms with Gasteiger partial charge < -0.3 is 15.4 Å². The van der Waals surface area contributed by atoms with Crippen molar-refractivity contribution in [1.29, 1.82) is 0 Å². The number of carbonyl (C=O) groups excluding carboxylic acids is 1. The van der Waals surface area contributed by atoms with E-state index < -0.39 is 0 Å². The molecule has 0 saturated carbocycles. The van der Waals surface area contributed by atoms with Crippen LogP contribution in [0.3, 0.4) is 0 Å². The second-order valence-corrected chi connectivity index (χ2v) is 5.71. The molecule has 0 aliphatic carbocycles. The highest BCUT2D eigenvalue weighted by molar-refractivity contribution is 6.30. The van der Waals surface area contributed by atoms with Gasteiger partial charge in [0.1, 0.15) is 12.4 Å². The zero-order valence-corrected chi connectivity index (χ0v) is 11.9. The molecule has 2 aliphatic heterocycles. The number of halogens is 1. The number of benzene rings is 1. The molecule has 1 fully saturated rings. The fraction of sp³-hybridized carbons (Fsp3) is 0.400. The number of rotatable bonds is 1. The number of fused-ring (bicyclic) bond motifs is 1. The number of ether oxygens (including phenoxy) is 1. The Balaban J connectivity index is 1.79. The van der Waals surface area contributed by atoms with Gasteiger partial charge in [-0.3, -0.25) is 4.79 Å². The molecule has 4 nitrogen and oxygen atoms in total. The molecule has 0 unspecified atom stereocenters. The van der Waals surface area contributed by atoms with Gasteiger partial charge in [-0.15, -0.1) is 0 Å². The van der Waals surface area contributed by atoms with Crippen molar-refractivity contribution in [2.24, 2.45) is 5.73 Å². The molecule has 3 rings (SSSR count). The third kappa shape index (κ3) is 2.67. The summed E-state index contributed by atoms with van der Waals surface area (Å²) in [6, 6.07) is 5.65. The number of nitrogens with two attached hydrogens (primary N) is 1. The predicted molar refractivity (Wildman–Crippen MR) is 78.7 cm³/mol. The second kappa shape index (κ2) is 5.46. The summed E-state index contributed by atoms with van der Waals surface area (Å²) in [7, 11) is 0. The number of hydrogen-bond donors (Lipinski definition) is 1. The molecule has 2 heterocycles. The van der Waals surface area contributed by atoms with Crippen molar-refractivity contribution in [3.63, 3.8) is 0 Å². The smallest absolute Gasteiger partial charge is 0.253 e. The Morgan fingerprint density at radius 3 is 2.85 bits per heavy atom. The number of amides is 1. The molecule has 2 N–H and O–H groups in total. The lowest BCUT2D eigenvalue weighted by atomic mass is 10.0. The fourth-order valence-corrected chi connectivity index (χ4v) is 2.76. The lowest BCUT2D eigenvalue weighted by Crippen LogP contribution is -2.44. The van der Waals surface area contributed by atoms with Crippen molar-refractivity contribution in [2.75, 3.05) is 19.7 Å². The molecule has 1 amide bonds. The summed E-state index contributed by atoms with van der Waals surface area (Å²) in [5, 5.41) is 0.640. The number of likely N-dealkylation sites (tertiary alicyclic amines) is 1. The van der Waals surface area contributed by atoms with E-state index in [1.165, 1.54) is 0 Å². The molecule has 0 atom stereocenters. The normalized spacial score (nSPS) is 19.1. The summed E-state index contributed by atoms with van der Waals surface area (Å²) in [6.45, 7) is 1.76. The minimum atomic E-state index is 0.0440. The lowest BCUT2D eigenvalue weighted by Gasteiger charge is -2.31. The van der Waals surface area contributed by atoms with E-state index in [0.717, 1.165) is 37.2 Å². The van der Waals surface area contributed by atoms with E-state index in [-0.39, 0.29) is 11.9 Å². The van der Waals surface area contributed by atoms with Crippen LogP contribution < -0.4 is 10.5 Å². The summed E-state index contributed by atoms with van der Waals surface area (Å²) >= 11 is 5.97. The first-order valence-electron chi connectivity index (χ1n) is 6.81. The first-order valence-corrected chi connectivity index (χ1v) is 7.19. The van der Waals surface area contributed by atoms with E-state index >= 15 is 0 Å². The maximum absolute atomic E-state index is 12.5. The predicted octanol–water partition coefficient (Wildman–Crippen LogP) is 2.07. The summed E-state index contributed by atoms with van der Waals surface area (Å²) in [5.74, 6) is 0.814. The average molecular weight is 293 g/mol. The summed E-state index contributed by atoms with van der Waals surface area (Å²) in [6.07, 6.45) is 3.60. The highest BCUT2D eigenvalue weighted by Crippen LogP contribution is 2.29. The molecule has 2 aliphatic rings. The molecule has 5 heteroatoms. The quantitative estimate of drug-likeness (QED) is 0.862. The standard InChI is InChI=1S/C15H17ClN2O2/c16-12-1-2-14-10(8-12)7-11(9-20-14)15(19)18-5-3-13(17)4-6-18/h1-2,7-8,13H,3-6,9,17H2. The Bertz CT molecular complexity index is 563. The van der Waals surface area contributed by atoms with Crippen molar-refractivity contribution in [1.82, 2.24) is 4.90 Å². The Hall–Kier alpha value is -1.52. The minimum Gasteiger partial charge on any atom is -0.488 e. The Labute approximate surface area is 123 Å². The van der Waals surface area contributed by atoms with Crippen molar-refractivity contribution in [2.45, 2.75) is 18.9 Å². The van der Waals surface area contributed by atoms with Gasteiger partial charge in [0.2, 0.25) is 0 Å². The molecular formula is C15H17ClN2O2. The number of carbonyl (C=O) groups is 1. The van der Waals surface area contributed by atoms with E-state index in [1.807, 2.05) is 23.1 Å². The van der Waals surface area contributed by atoms with Crippen LogP contribution in [0.2, 0.25) is 5.02 Å². The highest BCUT2D eigenvalue weighted by Gasteiger charge is 2.25. The van der Waals surface area contributed by atoms with Gasteiger partial charge in [0.15, 0.2) is 0 Å². The van der Waals surface area contributed by atoms with Gasteiger partial charge in [-0.05, 0) is 37.1 Å². The third-order valence-electron chi connectivity index (χ3n) is 3.79. The van der Waals surface area contributed by atoms with E-state index in [2.05, 4.69) is 0 Å². The van der Waals surface area contributed by atoms with Crippen LogP contribution in [0.15, 0.2) is 23.8 Å². The molecule has 1 saturated heterocycles. The molecule has 0 spiro atoms. The molecule has 0 radical (unpaired) electrons. The van der Waals surface area contributed by atoms with Gasteiger partial charge in [-0.1, -0.05) is 11.6 Å². The summed E-state index contributed by atoms with van der Waals surface area (Å²) < 4.78 is 5.63. The molecule has 1 aromatic carbocycles. The van der Waals surface area contributed by atoms with Gasteiger partial charge >= 0.3 is 0 Å². The summed E-state index contributed by atoms with van der Waals surface area (Å²) in [4.78, 5) is 14.3. The maximum atomic E-state index is 12.5. The number of nitrogens with zero attached hydrogens (tertiary/aromatic N) is 1. The van der Waals surface area contributed by atoms with E-state index in [4.69, 9.17) is 22.1 Å². The zero-order valence-electron chi connectivity index (χ0n) is 11.1. The van der Waals surface area contributed by atoms with Gasteiger partial charge in [-0.25, -0.2) is 0 Å². The highest BCUT2D eigenvalue weighted by atomic mass is 35.5. The van der Waals surface area contributed by atoms with Gasteiger partial charge in [0, 0.05) is 29.7 Å².